The molecule has 7 heteroatoms. The smallest absolute Gasteiger partial charge is 0.261 e. The third-order valence-corrected chi connectivity index (χ3v) is 6.11. The van der Waals surface area contributed by atoms with Gasteiger partial charge in [0.05, 0.1) is 20.3 Å². The fraction of sp³-hybridized carbons (Fsp3) is 0.261. The first-order chi connectivity index (χ1) is 14.6. The number of methoxy groups -OCH3 is 2. The van der Waals surface area contributed by atoms with Crippen molar-refractivity contribution in [3.63, 3.8) is 0 Å². The van der Waals surface area contributed by atoms with Gasteiger partial charge in [-0.15, -0.1) is 11.3 Å². The van der Waals surface area contributed by atoms with Crippen LogP contribution in [0, 0.1) is 5.82 Å². The summed E-state index contributed by atoms with van der Waals surface area (Å²) in [5.41, 5.74) is 2.16. The maximum atomic E-state index is 13.1. The van der Waals surface area contributed by atoms with E-state index in [0.717, 1.165) is 16.0 Å². The lowest BCUT2D eigenvalue weighted by atomic mass is 9.90. The molecule has 0 bridgehead atoms. The van der Waals surface area contributed by atoms with Crippen LogP contribution in [0.25, 0.3) is 0 Å². The zero-order valence-electron chi connectivity index (χ0n) is 16.8. The molecule has 1 atom stereocenters. The Morgan fingerprint density at radius 3 is 2.53 bits per heavy atom. The highest BCUT2D eigenvalue weighted by molar-refractivity contribution is 7.10. The van der Waals surface area contributed by atoms with Crippen molar-refractivity contribution in [3.05, 3.63) is 75.7 Å². The number of fused-ring (bicyclic) bond motifs is 1. The quantitative estimate of drug-likeness (QED) is 0.583. The van der Waals surface area contributed by atoms with Gasteiger partial charge >= 0.3 is 0 Å². The van der Waals surface area contributed by atoms with Gasteiger partial charge < -0.3 is 19.1 Å². The molecule has 0 spiro atoms. The van der Waals surface area contributed by atoms with Crippen molar-refractivity contribution in [2.75, 3.05) is 27.4 Å². The Morgan fingerprint density at radius 2 is 1.87 bits per heavy atom. The summed E-state index contributed by atoms with van der Waals surface area (Å²) in [4.78, 5) is 16.0. The molecule has 2 heterocycles. The molecule has 0 radical (unpaired) electrons. The number of hydrogen-bond acceptors (Lipinski definition) is 5. The van der Waals surface area contributed by atoms with E-state index in [-0.39, 0.29) is 24.4 Å². The van der Waals surface area contributed by atoms with Gasteiger partial charge in [0.25, 0.3) is 5.91 Å². The summed E-state index contributed by atoms with van der Waals surface area (Å²) >= 11 is 1.61. The van der Waals surface area contributed by atoms with E-state index in [4.69, 9.17) is 14.2 Å². The molecule has 2 aromatic carbocycles. The SMILES string of the molecule is COc1cc2c(cc1OC)C(c1cccs1)N(C(=O)COc1ccc(F)cc1)CC2. The molecule has 0 aliphatic carbocycles. The van der Waals surface area contributed by atoms with Gasteiger partial charge in [-0.3, -0.25) is 4.79 Å². The summed E-state index contributed by atoms with van der Waals surface area (Å²) in [5, 5.41) is 2.00. The lowest BCUT2D eigenvalue weighted by Gasteiger charge is -2.37. The molecular formula is C23H22FNO4S. The second-order valence-corrected chi connectivity index (χ2v) is 7.88. The van der Waals surface area contributed by atoms with Crippen LogP contribution >= 0.6 is 11.3 Å². The maximum Gasteiger partial charge on any atom is 0.261 e. The third-order valence-electron chi connectivity index (χ3n) is 5.18. The molecule has 30 heavy (non-hydrogen) atoms. The summed E-state index contributed by atoms with van der Waals surface area (Å²) in [7, 11) is 3.22. The van der Waals surface area contributed by atoms with E-state index in [0.29, 0.717) is 30.2 Å². The van der Waals surface area contributed by atoms with E-state index in [1.807, 2.05) is 34.5 Å². The van der Waals surface area contributed by atoms with E-state index in [1.54, 1.807) is 25.6 Å². The third kappa shape index (κ3) is 3.98. The molecule has 1 aliphatic heterocycles. The van der Waals surface area contributed by atoms with Gasteiger partial charge in [-0.05, 0) is 65.4 Å². The van der Waals surface area contributed by atoms with Crippen LogP contribution in [0.3, 0.4) is 0 Å². The van der Waals surface area contributed by atoms with Crippen molar-refractivity contribution in [2.45, 2.75) is 12.5 Å². The molecule has 3 aromatic rings. The molecule has 1 unspecified atom stereocenters. The van der Waals surface area contributed by atoms with Crippen LogP contribution in [0.1, 0.15) is 22.0 Å². The second kappa shape index (κ2) is 8.75. The van der Waals surface area contributed by atoms with Crippen LogP contribution in [0.5, 0.6) is 17.2 Å². The fourth-order valence-electron chi connectivity index (χ4n) is 3.73. The topological polar surface area (TPSA) is 48.0 Å². The van der Waals surface area contributed by atoms with Crippen LogP contribution in [-0.4, -0.2) is 38.2 Å². The number of carbonyl (C=O) groups is 1. The van der Waals surface area contributed by atoms with Crippen molar-refractivity contribution in [2.24, 2.45) is 0 Å². The van der Waals surface area contributed by atoms with Gasteiger partial charge in [-0.1, -0.05) is 6.07 Å². The van der Waals surface area contributed by atoms with E-state index in [2.05, 4.69) is 0 Å². The summed E-state index contributed by atoms with van der Waals surface area (Å²) in [6.07, 6.45) is 0.708. The average molecular weight is 427 g/mol. The highest BCUT2D eigenvalue weighted by atomic mass is 32.1. The number of benzene rings is 2. The number of halogens is 1. The van der Waals surface area contributed by atoms with Crippen LogP contribution in [-0.2, 0) is 11.2 Å². The number of thiophene rings is 1. The number of ether oxygens (including phenoxy) is 3. The van der Waals surface area contributed by atoms with Crippen molar-refractivity contribution in [1.82, 2.24) is 4.90 Å². The predicted octanol–water partition coefficient (Wildman–Crippen LogP) is 4.46. The Labute approximate surface area is 178 Å². The van der Waals surface area contributed by atoms with Gasteiger partial charge in [0, 0.05) is 11.4 Å². The van der Waals surface area contributed by atoms with Gasteiger partial charge in [0.2, 0.25) is 0 Å². The number of rotatable bonds is 6. The first kappa shape index (κ1) is 20.2. The standard InChI is InChI=1S/C23H22FNO4S/c1-27-19-12-15-9-10-25(22(26)14-29-17-7-5-16(24)6-8-17)23(21-4-3-11-30-21)18(15)13-20(19)28-2/h3-8,11-13,23H,9-10,14H2,1-2H3. The molecule has 1 amide bonds. The maximum absolute atomic E-state index is 13.1. The highest BCUT2D eigenvalue weighted by Crippen LogP contribution is 2.42. The largest absolute Gasteiger partial charge is 0.493 e. The monoisotopic (exact) mass is 427 g/mol. The zero-order chi connectivity index (χ0) is 21.1. The summed E-state index contributed by atoms with van der Waals surface area (Å²) in [5.74, 6) is 1.30. The van der Waals surface area contributed by atoms with Gasteiger partial charge in [0.15, 0.2) is 18.1 Å². The lowest BCUT2D eigenvalue weighted by Crippen LogP contribution is -2.42. The van der Waals surface area contributed by atoms with Crippen molar-refractivity contribution in [3.8, 4) is 17.2 Å². The number of amides is 1. The second-order valence-electron chi connectivity index (χ2n) is 6.90. The highest BCUT2D eigenvalue weighted by Gasteiger charge is 2.34. The number of nitrogens with zero attached hydrogens (tertiary/aromatic N) is 1. The molecule has 5 nitrogen and oxygen atoms in total. The van der Waals surface area contributed by atoms with E-state index in [1.165, 1.54) is 24.3 Å². The zero-order valence-corrected chi connectivity index (χ0v) is 17.6. The first-order valence-corrected chi connectivity index (χ1v) is 10.4. The van der Waals surface area contributed by atoms with Crippen LogP contribution in [0.2, 0.25) is 0 Å². The van der Waals surface area contributed by atoms with E-state index < -0.39 is 0 Å². The summed E-state index contributed by atoms with van der Waals surface area (Å²) in [6, 6.07) is 13.4. The van der Waals surface area contributed by atoms with Gasteiger partial charge in [-0.25, -0.2) is 4.39 Å². The molecule has 0 N–H and O–H groups in total. The van der Waals surface area contributed by atoms with Gasteiger partial charge in [-0.2, -0.15) is 0 Å². The molecular weight excluding hydrogens is 405 g/mol. The minimum atomic E-state index is -0.344. The van der Waals surface area contributed by atoms with Crippen LogP contribution < -0.4 is 14.2 Å². The number of carbonyl (C=O) groups excluding carboxylic acids is 1. The normalized spacial score (nSPS) is 15.4. The Kier molecular flexibility index (Phi) is 5.90. The van der Waals surface area contributed by atoms with Crippen molar-refractivity contribution < 1.29 is 23.4 Å². The molecule has 0 saturated heterocycles. The van der Waals surface area contributed by atoms with Crippen LogP contribution in [0.15, 0.2) is 53.9 Å². The number of hydrogen-bond donors (Lipinski definition) is 0. The molecule has 0 fully saturated rings. The molecule has 1 aliphatic rings. The predicted molar refractivity (Wildman–Crippen MR) is 113 cm³/mol. The summed E-state index contributed by atoms with van der Waals surface area (Å²) < 4.78 is 29.7. The lowest BCUT2D eigenvalue weighted by molar-refractivity contribution is -0.135. The van der Waals surface area contributed by atoms with E-state index >= 15 is 0 Å². The first-order valence-electron chi connectivity index (χ1n) is 9.56. The average Bonchev–Trinajstić information content (AvgIpc) is 3.31. The molecule has 156 valence electrons. The van der Waals surface area contributed by atoms with E-state index in [9.17, 15) is 9.18 Å². The van der Waals surface area contributed by atoms with Crippen molar-refractivity contribution >= 4 is 17.2 Å². The minimum absolute atomic E-state index is 0.115. The van der Waals surface area contributed by atoms with Crippen molar-refractivity contribution in [1.29, 1.82) is 0 Å². The molecule has 1 aromatic heterocycles. The Bertz CT molecular complexity index is 1020. The van der Waals surface area contributed by atoms with Gasteiger partial charge in [0.1, 0.15) is 11.6 Å². The Hall–Kier alpha value is -3.06. The summed E-state index contributed by atoms with van der Waals surface area (Å²) in [6.45, 7) is 0.451. The molecule has 4 rings (SSSR count). The Balaban J connectivity index is 1.63. The molecule has 0 saturated carbocycles. The Morgan fingerprint density at radius 1 is 1.13 bits per heavy atom. The minimum Gasteiger partial charge on any atom is -0.493 e. The fourth-order valence-corrected chi connectivity index (χ4v) is 4.58. The van der Waals surface area contributed by atoms with Crippen LogP contribution in [0.4, 0.5) is 4.39 Å².